The number of hydrogen-bond acceptors (Lipinski definition) is 4. The average molecular weight is 313 g/mol. The summed E-state index contributed by atoms with van der Waals surface area (Å²) in [6, 6.07) is 13.2. The van der Waals surface area contributed by atoms with Crippen molar-refractivity contribution in [2.24, 2.45) is 0 Å². The molecule has 0 radical (unpaired) electrons. The van der Waals surface area contributed by atoms with Gasteiger partial charge < -0.3 is 19.9 Å². The number of amides is 1. The van der Waals surface area contributed by atoms with Crippen molar-refractivity contribution in [2.45, 2.75) is 18.9 Å². The zero-order valence-corrected chi connectivity index (χ0v) is 12.9. The highest BCUT2D eigenvalue weighted by molar-refractivity contribution is 5.95. The lowest BCUT2D eigenvalue weighted by Gasteiger charge is -2.26. The van der Waals surface area contributed by atoms with E-state index in [9.17, 15) is 9.90 Å². The Labute approximate surface area is 134 Å². The number of phenolic OH excluding ortho intramolecular Hbond substituents is 1. The van der Waals surface area contributed by atoms with Crippen LogP contribution < -0.4 is 10.1 Å². The Morgan fingerprint density at radius 1 is 1.26 bits per heavy atom. The number of rotatable bonds is 5. The third-order valence-corrected chi connectivity index (χ3v) is 3.93. The highest BCUT2D eigenvalue weighted by Gasteiger charge is 2.27. The van der Waals surface area contributed by atoms with Crippen molar-refractivity contribution in [1.82, 2.24) is 0 Å². The van der Waals surface area contributed by atoms with E-state index < -0.39 is 0 Å². The Kier molecular flexibility index (Phi) is 4.48. The Morgan fingerprint density at radius 2 is 2.04 bits per heavy atom. The minimum atomic E-state index is -0.0737. The number of carbonyl (C=O) groups excluding carboxylic acids is 1. The van der Waals surface area contributed by atoms with Crippen LogP contribution in [0.2, 0.25) is 0 Å². The summed E-state index contributed by atoms with van der Waals surface area (Å²) in [7, 11) is 1.50. The molecule has 0 unspecified atom stereocenters. The third kappa shape index (κ3) is 3.46. The summed E-state index contributed by atoms with van der Waals surface area (Å²) >= 11 is 0. The number of anilines is 1. The lowest BCUT2D eigenvalue weighted by molar-refractivity contribution is -0.117. The SMILES string of the molecule is COc1cc2c(cc1O)NC(=O)C[C@H]2COCc1ccccc1. The molecule has 1 aliphatic rings. The van der Waals surface area contributed by atoms with Crippen LogP contribution >= 0.6 is 0 Å². The van der Waals surface area contributed by atoms with Crippen LogP contribution in [0.1, 0.15) is 23.5 Å². The van der Waals surface area contributed by atoms with Crippen LogP contribution in [0.5, 0.6) is 11.5 Å². The Morgan fingerprint density at radius 3 is 2.78 bits per heavy atom. The second kappa shape index (κ2) is 6.71. The minimum absolute atomic E-state index is 0.0115. The van der Waals surface area contributed by atoms with E-state index in [-0.39, 0.29) is 17.6 Å². The number of benzene rings is 2. The fraction of sp³-hybridized carbons (Fsp3) is 0.278. The van der Waals surface area contributed by atoms with Gasteiger partial charge >= 0.3 is 0 Å². The van der Waals surface area contributed by atoms with Gasteiger partial charge in [0.05, 0.1) is 20.3 Å². The third-order valence-electron chi connectivity index (χ3n) is 3.93. The van der Waals surface area contributed by atoms with E-state index in [1.807, 2.05) is 30.3 Å². The molecule has 0 bridgehead atoms. The Balaban J connectivity index is 1.74. The van der Waals surface area contributed by atoms with Gasteiger partial charge in [0.25, 0.3) is 0 Å². The van der Waals surface area contributed by atoms with Crippen LogP contribution in [0, 0.1) is 0 Å². The van der Waals surface area contributed by atoms with E-state index in [0.29, 0.717) is 31.1 Å². The molecule has 5 nitrogen and oxygen atoms in total. The molecule has 1 heterocycles. The molecule has 2 aromatic rings. The van der Waals surface area contributed by atoms with Gasteiger partial charge in [-0.1, -0.05) is 30.3 Å². The van der Waals surface area contributed by atoms with Crippen LogP contribution in [-0.4, -0.2) is 24.7 Å². The molecule has 2 aromatic carbocycles. The lowest BCUT2D eigenvalue weighted by atomic mass is 9.91. The van der Waals surface area contributed by atoms with Gasteiger partial charge in [0.2, 0.25) is 5.91 Å². The zero-order valence-electron chi connectivity index (χ0n) is 12.9. The standard InChI is InChI=1S/C18H19NO4/c1-22-17-8-14-13(7-18(21)19-15(14)9-16(17)20)11-23-10-12-5-3-2-4-6-12/h2-6,8-9,13,20H,7,10-11H2,1H3,(H,19,21)/t13-/m0/s1. The molecule has 1 aliphatic heterocycles. The maximum Gasteiger partial charge on any atom is 0.225 e. The van der Waals surface area contributed by atoms with Crippen molar-refractivity contribution in [3.8, 4) is 11.5 Å². The van der Waals surface area contributed by atoms with Crippen molar-refractivity contribution >= 4 is 11.6 Å². The molecule has 0 saturated heterocycles. The van der Waals surface area contributed by atoms with Crippen molar-refractivity contribution in [3.63, 3.8) is 0 Å². The van der Waals surface area contributed by atoms with Crippen LogP contribution in [-0.2, 0) is 16.1 Å². The largest absolute Gasteiger partial charge is 0.504 e. The second-order valence-electron chi connectivity index (χ2n) is 5.56. The summed E-state index contributed by atoms with van der Waals surface area (Å²) in [6.07, 6.45) is 0.357. The van der Waals surface area contributed by atoms with E-state index in [4.69, 9.17) is 9.47 Å². The highest BCUT2D eigenvalue weighted by atomic mass is 16.5. The monoisotopic (exact) mass is 313 g/mol. The number of hydrogen-bond donors (Lipinski definition) is 2. The van der Waals surface area contributed by atoms with Gasteiger partial charge in [-0.3, -0.25) is 4.79 Å². The Hall–Kier alpha value is -2.53. The second-order valence-corrected chi connectivity index (χ2v) is 5.56. The molecular formula is C18H19NO4. The number of ether oxygens (including phenoxy) is 2. The summed E-state index contributed by atoms with van der Waals surface area (Å²) in [5, 5.41) is 12.6. The first-order valence-corrected chi connectivity index (χ1v) is 7.50. The summed E-state index contributed by atoms with van der Waals surface area (Å²) in [5.74, 6) is 0.276. The molecule has 0 aliphatic carbocycles. The number of methoxy groups -OCH3 is 1. The van der Waals surface area contributed by atoms with E-state index in [1.54, 1.807) is 6.07 Å². The summed E-state index contributed by atoms with van der Waals surface area (Å²) in [5.41, 5.74) is 2.64. The maximum atomic E-state index is 11.9. The van der Waals surface area contributed by atoms with Crippen molar-refractivity contribution < 1.29 is 19.4 Å². The molecule has 5 heteroatoms. The van der Waals surface area contributed by atoms with Gasteiger partial charge in [-0.15, -0.1) is 0 Å². The fourth-order valence-corrected chi connectivity index (χ4v) is 2.77. The van der Waals surface area contributed by atoms with Gasteiger partial charge in [-0.25, -0.2) is 0 Å². The molecule has 3 rings (SSSR count). The number of fused-ring (bicyclic) bond motifs is 1. The van der Waals surface area contributed by atoms with Gasteiger partial charge in [0, 0.05) is 24.1 Å². The predicted molar refractivity (Wildman–Crippen MR) is 86.7 cm³/mol. The van der Waals surface area contributed by atoms with E-state index in [1.165, 1.54) is 13.2 Å². The lowest BCUT2D eigenvalue weighted by Crippen LogP contribution is -2.25. The van der Waals surface area contributed by atoms with Gasteiger partial charge in [-0.05, 0) is 17.2 Å². The predicted octanol–water partition coefficient (Wildman–Crippen LogP) is 3.04. The van der Waals surface area contributed by atoms with E-state index in [0.717, 1.165) is 11.1 Å². The smallest absolute Gasteiger partial charge is 0.225 e. The maximum absolute atomic E-state index is 11.9. The number of phenols is 1. The molecular weight excluding hydrogens is 294 g/mol. The quantitative estimate of drug-likeness (QED) is 0.890. The summed E-state index contributed by atoms with van der Waals surface area (Å²) in [6.45, 7) is 0.937. The zero-order chi connectivity index (χ0) is 16.2. The molecule has 0 aromatic heterocycles. The topological polar surface area (TPSA) is 67.8 Å². The number of nitrogens with one attached hydrogen (secondary N) is 1. The van der Waals surface area contributed by atoms with Crippen molar-refractivity contribution in [3.05, 3.63) is 53.6 Å². The van der Waals surface area contributed by atoms with E-state index in [2.05, 4.69) is 5.32 Å². The number of aromatic hydroxyl groups is 1. The molecule has 1 amide bonds. The van der Waals surface area contributed by atoms with Crippen molar-refractivity contribution in [1.29, 1.82) is 0 Å². The molecule has 1 atom stereocenters. The molecule has 0 spiro atoms. The molecule has 23 heavy (non-hydrogen) atoms. The van der Waals surface area contributed by atoms with Gasteiger partial charge in [-0.2, -0.15) is 0 Å². The number of carbonyl (C=O) groups is 1. The molecule has 120 valence electrons. The highest BCUT2D eigenvalue weighted by Crippen LogP contribution is 2.40. The average Bonchev–Trinajstić information content (AvgIpc) is 2.55. The van der Waals surface area contributed by atoms with Crippen molar-refractivity contribution in [2.75, 3.05) is 19.0 Å². The summed E-state index contributed by atoms with van der Waals surface area (Å²) in [4.78, 5) is 11.9. The first kappa shape index (κ1) is 15.4. The van der Waals surface area contributed by atoms with Crippen LogP contribution in [0.4, 0.5) is 5.69 Å². The molecule has 0 saturated carbocycles. The molecule has 2 N–H and O–H groups in total. The first-order valence-electron chi connectivity index (χ1n) is 7.50. The van der Waals surface area contributed by atoms with Gasteiger partial charge in [0.15, 0.2) is 11.5 Å². The fourth-order valence-electron chi connectivity index (χ4n) is 2.77. The van der Waals surface area contributed by atoms with Gasteiger partial charge in [0.1, 0.15) is 0 Å². The first-order chi connectivity index (χ1) is 11.2. The molecule has 0 fully saturated rings. The van der Waals surface area contributed by atoms with Crippen LogP contribution in [0.25, 0.3) is 0 Å². The Bertz CT molecular complexity index is 700. The summed E-state index contributed by atoms with van der Waals surface area (Å²) < 4.78 is 10.9. The minimum Gasteiger partial charge on any atom is -0.504 e. The normalized spacial score (nSPS) is 16.6. The van der Waals surface area contributed by atoms with E-state index >= 15 is 0 Å². The van der Waals surface area contributed by atoms with Crippen LogP contribution in [0.15, 0.2) is 42.5 Å². The van der Waals surface area contributed by atoms with Crippen LogP contribution in [0.3, 0.4) is 0 Å².